The number of halogens is 1. The topological polar surface area (TPSA) is 64.1 Å². The van der Waals surface area contributed by atoms with Crippen molar-refractivity contribution in [2.45, 2.75) is 76.1 Å². The fourth-order valence-corrected chi connectivity index (χ4v) is 6.97. The van der Waals surface area contributed by atoms with Gasteiger partial charge in [-0.2, -0.15) is 0 Å². The van der Waals surface area contributed by atoms with E-state index in [-0.39, 0.29) is 24.2 Å². The maximum absolute atomic E-state index is 14.3. The molecule has 5 rings (SSSR count). The van der Waals surface area contributed by atoms with Gasteiger partial charge < -0.3 is 14.9 Å². The van der Waals surface area contributed by atoms with Crippen LogP contribution in [0.1, 0.15) is 68.5 Å². The number of carbonyl (C=O) groups excluding carboxylic acids is 2. The summed E-state index contributed by atoms with van der Waals surface area (Å²) in [6.45, 7) is 1.73. The van der Waals surface area contributed by atoms with Gasteiger partial charge >= 0.3 is 0 Å². The summed E-state index contributed by atoms with van der Waals surface area (Å²) in [4.78, 5) is 33.3. The molecule has 1 aliphatic carbocycles. The van der Waals surface area contributed by atoms with E-state index in [0.29, 0.717) is 37.5 Å². The number of rotatable bonds is 6. The number of likely N-dealkylation sites (N-methyl/N-ethyl adjacent to an activating group) is 1. The van der Waals surface area contributed by atoms with Gasteiger partial charge in [0, 0.05) is 26.2 Å². The SMILES string of the molecule is CN(C(=O)CN1CCC[C@]2(C[C@@H](O)[C@H](c3ccccc3)N(Cc3cccc(F)c3)C2=O)C1)C1CCCCC1. The molecule has 1 saturated carbocycles. The Morgan fingerprint density at radius 2 is 1.84 bits per heavy atom. The first-order valence-electron chi connectivity index (χ1n) is 14.1. The number of amides is 2. The molecule has 3 atom stereocenters. The van der Waals surface area contributed by atoms with Crippen molar-refractivity contribution >= 4 is 11.8 Å². The lowest BCUT2D eigenvalue weighted by molar-refractivity contribution is -0.167. The molecule has 7 heteroatoms. The van der Waals surface area contributed by atoms with Crippen LogP contribution in [-0.4, -0.2) is 70.4 Å². The predicted molar refractivity (Wildman–Crippen MR) is 145 cm³/mol. The molecule has 0 bridgehead atoms. The molecule has 1 N–H and O–H groups in total. The number of carbonyl (C=O) groups is 2. The molecule has 2 aromatic carbocycles. The van der Waals surface area contributed by atoms with Crippen LogP contribution in [0, 0.1) is 11.2 Å². The number of nitrogens with zero attached hydrogens (tertiary/aromatic N) is 3. The van der Waals surface area contributed by atoms with E-state index in [2.05, 4.69) is 4.90 Å². The van der Waals surface area contributed by atoms with E-state index in [9.17, 15) is 19.1 Å². The van der Waals surface area contributed by atoms with Crippen LogP contribution >= 0.6 is 0 Å². The molecule has 2 saturated heterocycles. The van der Waals surface area contributed by atoms with Crippen LogP contribution in [0.5, 0.6) is 0 Å². The molecular weight excluding hydrogens is 481 g/mol. The lowest BCUT2D eigenvalue weighted by Gasteiger charge is -2.52. The van der Waals surface area contributed by atoms with Gasteiger partial charge in [-0.05, 0) is 61.9 Å². The van der Waals surface area contributed by atoms with Crippen molar-refractivity contribution in [1.29, 1.82) is 0 Å². The third-order valence-corrected chi connectivity index (χ3v) is 8.93. The summed E-state index contributed by atoms with van der Waals surface area (Å²) in [5.74, 6) is -0.252. The van der Waals surface area contributed by atoms with Gasteiger partial charge in [0.25, 0.3) is 0 Å². The zero-order chi connectivity index (χ0) is 26.7. The number of aliphatic hydroxyl groups excluding tert-OH is 1. The van der Waals surface area contributed by atoms with E-state index in [1.165, 1.54) is 31.4 Å². The number of hydrogen-bond acceptors (Lipinski definition) is 4. The molecule has 204 valence electrons. The fourth-order valence-electron chi connectivity index (χ4n) is 6.97. The smallest absolute Gasteiger partial charge is 0.236 e. The number of aliphatic hydroxyl groups is 1. The molecule has 2 aromatic rings. The molecule has 6 nitrogen and oxygen atoms in total. The lowest BCUT2D eigenvalue weighted by Crippen LogP contribution is -2.61. The Kier molecular flexibility index (Phi) is 8.15. The third-order valence-electron chi connectivity index (χ3n) is 8.93. The Labute approximate surface area is 225 Å². The van der Waals surface area contributed by atoms with Crippen molar-refractivity contribution in [3.8, 4) is 0 Å². The van der Waals surface area contributed by atoms with Gasteiger partial charge in [-0.15, -0.1) is 0 Å². The van der Waals surface area contributed by atoms with Crippen LogP contribution < -0.4 is 0 Å². The quantitative estimate of drug-likeness (QED) is 0.607. The van der Waals surface area contributed by atoms with Gasteiger partial charge in [0.2, 0.25) is 11.8 Å². The maximum atomic E-state index is 14.3. The average molecular weight is 522 g/mol. The van der Waals surface area contributed by atoms with E-state index in [1.807, 2.05) is 48.3 Å². The largest absolute Gasteiger partial charge is 0.391 e. The van der Waals surface area contributed by atoms with Crippen LogP contribution in [0.2, 0.25) is 0 Å². The standard InChI is InChI=1S/C31H40FN3O3/c1-33(26-14-6-3-7-15-26)28(37)21-34-17-9-16-31(22-34)19-27(36)29(24-11-4-2-5-12-24)35(30(31)38)20-23-10-8-13-25(32)18-23/h2,4-5,8,10-13,18,26-27,29,36H,3,6-7,9,14-17,19-22H2,1H3/t27-,29+,31+/m1/s1. The summed E-state index contributed by atoms with van der Waals surface area (Å²) in [7, 11) is 1.92. The fraction of sp³-hybridized carbons (Fsp3) is 0.548. The first kappa shape index (κ1) is 26.8. The summed E-state index contributed by atoms with van der Waals surface area (Å²) < 4.78 is 14.0. The minimum atomic E-state index is -0.764. The summed E-state index contributed by atoms with van der Waals surface area (Å²) in [6.07, 6.45) is 6.78. The van der Waals surface area contributed by atoms with Crippen molar-refractivity contribution in [1.82, 2.24) is 14.7 Å². The maximum Gasteiger partial charge on any atom is 0.236 e. The molecule has 2 amide bonds. The van der Waals surface area contributed by atoms with E-state index in [1.54, 1.807) is 11.0 Å². The molecule has 0 unspecified atom stereocenters. The molecule has 3 fully saturated rings. The van der Waals surface area contributed by atoms with Crippen molar-refractivity contribution < 1.29 is 19.1 Å². The molecular formula is C31H40FN3O3. The van der Waals surface area contributed by atoms with Crippen molar-refractivity contribution in [2.24, 2.45) is 5.41 Å². The molecule has 0 radical (unpaired) electrons. The lowest BCUT2D eigenvalue weighted by atomic mass is 9.69. The van der Waals surface area contributed by atoms with E-state index >= 15 is 0 Å². The second kappa shape index (κ2) is 11.5. The van der Waals surface area contributed by atoms with E-state index in [0.717, 1.165) is 31.4 Å². The molecule has 38 heavy (non-hydrogen) atoms. The van der Waals surface area contributed by atoms with Crippen molar-refractivity contribution in [3.63, 3.8) is 0 Å². The second-order valence-corrected chi connectivity index (χ2v) is 11.6. The number of benzene rings is 2. The Hall–Kier alpha value is -2.77. The number of likely N-dealkylation sites (tertiary alicyclic amines) is 2. The van der Waals surface area contributed by atoms with Crippen molar-refractivity contribution in [3.05, 3.63) is 71.5 Å². The van der Waals surface area contributed by atoms with Gasteiger partial charge in [0.15, 0.2) is 0 Å². The van der Waals surface area contributed by atoms with Crippen LogP contribution in [0.4, 0.5) is 4.39 Å². The highest BCUT2D eigenvalue weighted by atomic mass is 19.1. The molecule has 2 aliphatic heterocycles. The normalized spacial score (nSPS) is 27.0. The minimum Gasteiger partial charge on any atom is -0.391 e. The summed E-state index contributed by atoms with van der Waals surface area (Å²) in [6, 6.07) is 15.7. The monoisotopic (exact) mass is 521 g/mol. The Balaban J connectivity index is 1.37. The molecule has 0 aromatic heterocycles. The van der Waals surface area contributed by atoms with Crippen molar-refractivity contribution in [2.75, 3.05) is 26.7 Å². The molecule has 1 spiro atoms. The summed E-state index contributed by atoms with van der Waals surface area (Å²) >= 11 is 0. The highest BCUT2D eigenvalue weighted by Crippen LogP contribution is 2.46. The molecule has 3 aliphatic rings. The predicted octanol–water partition coefficient (Wildman–Crippen LogP) is 4.53. The van der Waals surface area contributed by atoms with Crippen LogP contribution in [-0.2, 0) is 16.1 Å². The van der Waals surface area contributed by atoms with E-state index < -0.39 is 17.6 Å². The Morgan fingerprint density at radius 1 is 1.08 bits per heavy atom. The van der Waals surface area contributed by atoms with Gasteiger partial charge in [-0.3, -0.25) is 14.5 Å². The number of piperidine rings is 2. The van der Waals surface area contributed by atoms with Crippen LogP contribution in [0.15, 0.2) is 54.6 Å². The van der Waals surface area contributed by atoms with Gasteiger partial charge in [0.1, 0.15) is 5.82 Å². The zero-order valence-electron chi connectivity index (χ0n) is 22.4. The van der Waals surface area contributed by atoms with Crippen LogP contribution in [0.3, 0.4) is 0 Å². The first-order chi connectivity index (χ1) is 18.4. The van der Waals surface area contributed by atoms with Gasteiger partial charge in [-0.25, -0.2) is 4.39 Å². The minimum absolute atomic E-state index is 0.0151. The average Bonchev–Trinajstić information content (AvgIpc) is 2.92. The van der Waals surface area contributed by atoms with Gasteiger partial charge in [0.05, 0.1) is 24.1 Å². The summed E-state index contributed by atoms with van der Waals surface area (Å²) in [5, 5.41) is 11.5. The number of hydrogen-bond donors (Lipinski definition) is 1. The highest BCUT2D eigenvalue weighted by molar-refractivity contribution is 5.85. The second-order valence-electron chi connectivity index (χ2n) is 11.6. The highest BCUT2D eigenvalue weighted by Gasteiger charge is 2.53. The third kappa shape index (κ3) is 5.64. The summed E-state index contributed by atoms with van der Waals surface area (Å²) in [5.41, 5.74) is 0.803. The van der Waals surface area contributed by atoms with Crippen LogP contribution in [0.25, 0.3) is 0 Å². The molecule has 2 heterocycles. The Bertz CT molecular complexity index is 1120. The zero-order valence-corrected chi connectivity index (χ0v) is 22.4. The van der Waals surface area contributed by atoms with E-state index in [4.69, 9.17) is 0 Å². The first-order valence-corrected chi connectivity index (χ1v) is 14.1. The van der Waals surface area contributed by atoms with Gasteiger partial charge in [-0.1, -0.05) is 61.7 Å². The Morgan fingerprint density at radius 3 is 2.58 bits per heavy atom.